The predicted molar refractivity (Wildman–Crippen MR) is 108 cm³/mol. The molecule has 0 saturated heterocycles. The first-order chi connectivity index (χ1) is 13.0. The average molecular weight is 399 g/mol. The maximum atomic E-state index is 13.6. The van der Waals surface area contributed by atoms with E-state index < -0.39 is 5.91 Å². The van der Waals surface area contributed by atoms with E-state index in [1.54, 1.807) is 29.7 Å². The van der Waals surface area contributed by atoms with E-state index in [-0.39, 0.29) is 11.4 Å². The van der Waals surface area contributed by atoms with E-state index in [0.717, 1.165) is 17.0 Å². The summed E-state index contributed by atoms with van der Waals surface area (Å²) in [6, 6.07) is 9.56. The molecule has 0 saturated carbocycles. The molecule has 3 N–H and O–H groups in total. The lowest BCUT2D eigenvalue weighted by Gasteiger charge is -2.09. The van der Waals surface area contributed by atoms with E-state index >= 15 is 0 Å². The van der Waals surface area contributed by atoms with E-state index in [1.807, 2.05) is 16.8 Å². The zero-order valence-electron chi connectivity index (χ0n) is 14.2. The summed E-state index contributed by atoms with van der Waals surface area (Å²) < 4.78 is 15.1. The largest absolute Gasteiger partial charge is 0.365 e. The molecule has 3 heterocycles. The summed E-state index contributed by atoms with van der Waals surface area (Å²) in [5, 5.41) is 7.60. The second kappa shape index (κ2) is 6.64. The highest BCUT2D eigenvalue weighted by Crippen LogP contribution is 2.38. The molecule has 5 nitrogen and oxygen atoms in total. The van der Waals surface area contributed by atoms with Gasteiger partial charge in [0, 0.05) is 22.5 Å². The Hall–Kier alpha value is -2.97. The number of hydrogen-bond acceptors (Lipinski definition) is 5. The SMILES string of the molecule is Cc1cc(Nc2c(C(N)=O)sc3c2ccc(=O)n3-c2ccsc2)ccc1F. The lowest BCUT2D eigenvalue weighted by molar-refractivity contribution is 0.100. The number of nitrogens with zero attached hydrogens (tertiary/aromatic N) is 1. The number of fused-ring (bicyclic) bond motifs is 1. The number of thiophene rings is 2. The number of anilines is 2. The number of hydrogen-bond donors (Lipinski definition) is 2. The summed E-state index contributed by atoms with van der Waals surface area (Å²) in [6.45, 7) is 1.66. The van der Waals surface area contributed by atoms with E-state index in [2.05, 4.69) is 5.32 Å². The van der Waals surface area contributed by atoms with Gasteiger partial charge in [0.05, 0.1) is 11.4 Å². The molecule has 0 aliphatic heterocycles. The summed E-state index contributed by atoms with van der Waals surface area (Å²) >= 11 is 2.63. The highest BCUT2D eigenvalue weighted by molar-refractivity contribution is 7.21. The van der Waals surface area contributed by atoms with Gasteiger partial charge in [0.25, 0.3) is 11.5 Å². The normalized spacial score (nSPS) is 11.0. The fourth-order valence-corrected chi connectivity index (χ4v) is 4.62. The number of aromatic nitrogens is 1. The highest BCUT2D eigenvalue weighted by Gasteiger charge is 2.20. The maximum absolute atomic E-state index is 13.6. The van der Waals surface area contributed by atoms with Gasteiger partial charge in [-0.25, -0.2) is 4.39 Å². The summed E-state index contributed by atoms with van der Waals surface area (Å²) in [7, 11) is 0. The van der Waals surface area contributed by atoms with Crippen LogP contribution in [-0.2, 0) is 0 Å². The van der Waals surface area contributed by atoms with Gasteiger partial charge in [0.1, 0.15) is 15.5 Å². The van der Waals surface area contributed by atoms with Crippen LogP contribution in [0.1, 0.15) is 15.2 Å². The summed E-state index contributed by atoms with van der Waals surface area (Å²) in [4.78, 5) is 25.4. The van der Waals surface area contributed by atoms with Crippen LogP contribution in [0, 0.1) is 12.7 Å². The first-order valence-corrected chi connectivity index (χ1v) is 9.76. The fraction of sp³-hybridized carbons (Fsp3) is 0.0526. The topological polar surface area (TPSA) is 77.1 Å². The zero-order chi connectivity index (χ0) is 19.1. The van der Waals surface area contributed by atoms with E-state index in [4.69, 9.17) is 5.73 Å². The Morgan fingerprint density at radius 1 is 1.22 bits per heavy atom. The van der Waals surface area contributed by atoms with Gasteiger partial charge in [-0.2, -0.15) is 11.3 Å². The lowest BCUT2D eigenvalue weighted by atomic mass is 10.2. The van der Waals surface area contributed by atoms with Gasteiger partial charge < -0.3 is 11.1 Å². The second-order valence-electron chi connectivity index (χ2n) is 5.97. The summed E-state index contributed by atoms with van der Waals surface area (Å²) in [5.41, 5.74) is 7.74. The molecule has 0 fully saturated rings. The van der Waals surface area contributed by atoms with Crippen molar-refractivity contribution in [3.8, 4) is 5.69 Å². The number of rotatable bonds is 4. The molecule has 0 aliphatic rings. The minimum Gasteiger partial charge on any atom is -0.365 e. The lowest BCUT2D eigenvalue weighted by Crippen LogP contribution is -2.15. The maximum Gasteiger partial charge on any atom is 0.261 e. The third-order valence-electron chi connectivity index (χ3n) is 4.16. The molecule has 0 spiro atoms. The van der Waals surface area contributed by atoms with Gasteiger partial charge in [-0.05, 0) is 48.2 Å². The zero-order valence-corrected chi connectivity index (χ0v) is 15.8. The van der Waals surface area contributed by atoms with Crippen molar-refractivity contribution < 1.29 is 9.18 Å². The van der Waals surface area contributed by atoms with Crippen LogP contribution in [-0.4, -0.2) is 10.5 Å². The standard InChI is InChI=1S/C19H14FN3O2S2/c1-10-8-11(2-4-14(10)20)22-16-13-3-5-15(24)23(12-6-7-26-9-12)19(13)27-17(16)18(21)25/h2-9,22H,1H3,(H2,21,25). The number of aryl methyl sites for hydroxylation is 1. The average Bonchev–Trinajstić information content (AvgIpc) is 3.26. The first kappa shape index (κ1) is 17.4. The van der Waals surface area contributed by atoms with Crippen LogP contribution in [0.2, 0.25) is 0 Å². The third kappa shape index (κ3) is 3.02. The van der Waals surface area contributed by atoms with Crippen molar-refractivity contribution >= 4 is 50.2 Å². The van der Waals surface area contributed by atoms with E-state index in [1.165, 1.54) is 23.5 Å². The molecule has 8 heteroatoms. The number of nitrogens with two attached hydrogens (primary N) is 1. The van der Waals surface area contributed by atoms with Gasteiger partial charge in [-0.1, -0.05) is 0 Å². The number of nitrogens with one attached hydrogen (secondary N) is 1. The van der Waals surface area contributed by atoms with Crippen molar-refractivity contribution in [2.24, 2.45) is 5.73 Å². The molecule has 1 aromatic carbocycles. The van der Waals surface area contributed by atoms with E-state index in [0.29, 0.717) is 32.0 Å². The summed E-state index contributed by atoms with van der Waals surface area (Å²) in [6.07, 6.45) is 0. The number of amides is 1. The molecule has 1 amide bonds. The number of halogens is 1. The number of benzene rings is 1. The van der Waals surface area contributed by atoms with Gasteiger partial charge in [0.15, 0.2) is 0 Å². The van der Waals surface area contributed by atoms with Crippen molar-refractivity contribution in [3.63, 3.8) is 0 Å². The minimum absolute atomic E-state index is 0.192. The number of carbonyl (C=O) groups excluding carboxylic acids is 1. The molecule has 4 rings (SSSR count). The van der Waals surface area contributed by atoms with Crippen molar-refractivity contribution in [1.82, 2.24) is 4.57 Å². The Balaban J connectivity index is 1.95. The van der Waals surface area contributed by atoms with Crippen molar-refractivity contribution in [3.05, 3.63) is 73.8 Å². The molecule has 3 aromatic heterocycles. The van der Waals surface area contributed by atoms with Crippen LogP contribution in [0.15, 0.2) is 52.0 Å². The molecular formula is C19H14FN3O2S2. The van der Waals surface area contributed by atoms with Gasteiger partial charge in [0.2, 0.25) is 0 Å². The van der Waals surface area contributed by atoms with Crippen LogP contribution >= 0.6 is 22.7 Å². The smallest absolute Gasteiger partial charge is 0.261 e. The predicted octanol–water partition coefficient (Wildman–Crippen LogP) is 4.40. The monoisotopic (exact) mass is 399 g/mol. The van der Waals surface area contributed by atoms with Crippen molar-refractivity contribution in [1.29, 1.82) is 0 Å². The van der Waals surface area contributed by atoms with Crippen LogP contribution in [0.5, 0.6) is 0 Å². The molecular weight excluding hydrogens is 385 g/mol. The third-order valence-corrected chi connectivity index (χ3v) is 6.03. The quantitative estimate of drug-likeness (QED) is 0.534. The molecule has 0 radical (unpaired) electrons. The van der Waals surface area contributed by atoms with Crippen molar-refractivity contribution in [2.45, 2.75) is 6.92 Å². The molecule has 0 unspecified atom stereocenters. The number of pyridine rings is 1. The van der Waals surface area contributed by atoms with Crippen LogP contribution < -0.4 is 16.6 Å². The Bertz CT molecular complexity index is 1230. The molecule has 0 bridgehead atoms. The summed E-state index contributed by atoms with van der Waals surface area (Å²) in [5.74, 6) is -0.904. The molecule has 0 aliphatic carbocycles. The van der Waals surface area contributed by atoms with Crippen molar-refractivity contribution in [2.75, 3.05) is 5.32 Å². The van der Waals surface area contributed by atoms with Gasteiger partial charge in [-0.3, -0.25) is 14.2 Å². The molecule has 27 heavy (non-hydrogen) atoms. The molecule has 0 atom stereocenters. The van der Waals surface area contributed by atoms with Crippen LogP contribution in [0.3, 0.4) is 0 Å². The van der Waals surface area contributed by atoms with Gasteiger partial charge >= 0.3 is 0 Å². The first-order valence-electron chi connectivity index (χ1n) is 8.00. The Morgan fingerprint density at radius 2 is 2.04 bits per heavy atom. The number of primary amides is 1. The van der Waals surface area contributed by atoms with Crippen LogP contribution in [0.25, 0.3) is 15.9 Å². The van der Waals surface area contributed by atoms with E-state index in [9.17, 15) is 14.0 Å². The van der Waals surface area contributed by atoms with Crippen LogP contribution in [0.4, 0.5) is 15.8 Å². The van der Waals surface area contributed by atoms with Gasteiger partial charge in [-0.15, -0.1) is 11.3 Å². The molecule has 4 aromatic rings. The number of carbonyl (C=O) groups is 1. The Kier molecular flexibility index (Phi) is 4.29. The molecule has 136 valence electrons. The Morgan fingerprint density at radius 3 is 2.70 bits per heavy atom. The fourth-order valence-electron chi connectivity index (χ4n) is 2.88. The minimum atomic E-state index is -0.596. The Labute approximate surface area is 161 Å². The highest BCUT2D eigenvalue weighted by atomic mass is 32.1. The second-order valence-corrected chi connectivity index (χ2v) is 7.75.